The summed E-state index contributed by atoms with van der Waals surface area (Å²) in [6.07, 6.45) is 21.6. The van der Waals surface area contributed by atoms with Crippen molar-refractivity contribution >= 4 is 5.97 Å². The number of hydrogen-bond donors (Lipinski definition) is 4. The van der Waals surface area contributed by atoms with Gasteiger partial charge in [0.05, 0.1) is 24.2 Å². The summed E-state index contributed by atoms with van der Waals surface area (Å²) in [6, 6.07) is 0. The smallest absolute Gasteiger partial charge is 0.309 e. The maximum Gasteiger partial charge on any atom is 0.309 e. The number of carboxylic acids is 1. The third-order valence-corrected chi connectivity index (χ3v) is 17.5. The van der Waals surface area contributed by atoms with E-state index in [0.29, 0.717) is 18.4 Å². The van der Waals surface area contributed by atoms with Gasteiger partial charge in [0.25, 0.3) is 0 Å². The summed E-state index contributed by atoms with van der Waals surface area (Å²) in [6.45, 7) is 11.9. The fourth-order valence-electron chi connectivity index (χ4n) is 15.4. The first-order valence-corrected chi connectivity index (χ1v) is 19.3. The van der Waals surface area contributed by atoms with Gasteiger partial charge in [-0.15, -0.1) is 0 Å². The molecule has 46 heavy (non-hydrogen) atoms. The van der Waals surface area contributed by atoms with Gasteiger partial charge in [0.2, 0.25) is 0 Å². The summed E-state index contributed by atoms with van der Waals surface area (Å²) >= 11 is 0. The van der Waals surface area contributed by atoms with Gasteiger partial charge >= 0.3 is 5.97 Å². The summed E-state index contributed by atoms with van der Waals surface area (Å²) in [4.78, 5) is 12.8. The van der Waals surface area contributed by atoms with Crippen LogP contribution in [0.15, 0.2) is 12.2 Å². The second kappa shape index (κ2) is 10.5. The molecule has 2 bridgehead atoms. The molecule has 12 unspecified atom stereocenters. The molecular formula is C40H64O6. The van der Waals surface area contributed by atoms with Crippen molar-refractivity contribution in [2.24, 2.45) is 55.7 Å². The Labute approximate surface area is 278 Å². The van der Waals surface area contributed by atoms with Gasteiger partial charge in [0.1, 0.15) is 0 Å². The third-order valence-electron chi connectivity index (χ3n) is 17.5. The summed E-state index contributed by atoms with van der Waals surface area (Å²) in [5, 5.41) is 47.5. The van der Waals surface area contributed by atoms with E-state index in [-0.39, 0.29) is 40.6 Å². The van der Waals surface area contributed by atoms with E-state index in [0.717, 1.165) is 83.5 Å². The minimum Gasteiger partial charge on any atom is -0.481 e. The van der Waals surface area contributed by atoms with Gasteiger partial charge in [0, 0.05) is 23.2 Å². The van der Waals surface area contributed by atoms with Gasteiger partial charge in [-0.25, -0.2) is 0 Å². The molecule has 2 spiro atoms. The second-order valence-electron chi connectivity index (χ2n) is 18.8. The van der Waals surface area contributed by atoms with Crippen LogP contribution in [0.4, 0.5) is 0 Å². The third kappa shape index (κ3) is 3.72. The minimum absolute atomic E-state index is 0.0261. The maximum atomic E-state index is 13.0. The molecule has 260 valence electrons. The number of fused-ring (bicyclic) bond motifs is 5. The summed E-state index contributed by atoms with van der Waals surface area (Å²) in [7, 11) is 0. The minimum atomic E-state index is -1.36. The summed E-state index contributed by atoms with van der Waals surface area (Å²) < 4.78 is 6.42. The molecule has 1 aliphatic heterocycles. The van der Waals surface area contributed by atoms with Crippen LogP contribution in [0.1, 0.15) is 150 Å². The summed E-state index contributed by atoms with van der Waals surface area (Å²) in [5.74, 6) is -1.43. The Hall–Kier alpha value is -0.950. The fraction of sp³-hybridized carbons (Fsp3) is 0.925. The number of hydrogen-bond acceptors (Lipinski definition) is 5. The molecule has 12 atom stereocenters. The van der Waals surface area contributed by atoms with Crippen molar-refractivity contribution in [3.63, 3.8) is 0 Å². The zero-order valence-corrected chi connectivity index (χ0v) is 29.6. The molecule has 5 saturated carbocycles. The highest BCUT2D eigenvalue weighted by molar-refractivity contribution is 5.74. The zero-order chi connectivity index (χ0) is 33.1. The molecule has 6 aliphatic carbocycles. The van der Waals surface area contributed by atoms with Crippen molar-refractivity contribution < 1.29 is 30.0 Å². The average Bonchev–Trinajstić information content (AvgIpc) is 3.22. The number of allylic oxidation sites excluding steroid dienone is 1. The highest BCUT2D eigenvalue weighted by atomic mass is 16.6. The first kappa shape index (κ1) is 33.5. The van der Waals surface area contributed by atoms with Crippen molar-refractivity contribution in [1.29, 1.82) is 0 Å². The van der Waals surface area contributed by atoms with Crippen molar-refractivity contribution in [3.05, 3.63) is 12.2 Å². The second-order valence-corrected chi connectivity index (χ2v) is 18.8. The molecule has 7 aliphatic rings. The highest BCUT2D eigenvalue weighted by Crippen LogP contribution is 2.86. The maximum absolute atomic E-state index is 13.0. The van der Waals surface area contributed by atoms with Gasteiger partial charge in [-0.1, -0.05) is 72.0 Å². The number of carbonyl (C=O) groups is 1. The van der Waals surface area contributed by atoms with Crippen molar-refractivity contribution in [3.8, 4) is 0 Å². The topological polar surface area (TPSA) is 107 Å². The number of ether oxygens (including phenoxy) is 1. The van der Waals surface area contributed by atoms with Crippen LogP contribution in [-0.4, -0.2) is 51.0 Å². The van der Waals surface area contributed by atoms with E-state index in [1.54, 1.807) is 0 Å². The van der Waals surface area contributed by atoms with Crippen LogP contribution in [0.25, 0.3) is 0 Å². The molecule has 0 amide bonds. The van der Waals surface area contributed by atoms with Gasteiger partial charge in [-0.3, -0.25) is 4.79 Å². The lowest BCUT2D eigenvalue weighted by Crippen LogP contribution is -2.81. The molecule has 6 fully saturated rings. The molecule has 7 rings (SSSR count). The van der Waals surface area contributed by atoms with Crippen LogP contribution in [0, 0.1) is 55.7 Å². The Balaban J connectivity index is 1.40. The molecule has 1 saturated heterocycles. The van der Waals surface area contributed by atoms with E-state index in [4.69, 9.17) is 4.74 Å². The predicted molar refractivity (Wildman–Crippen MR) is 179 cm³/mol. The Kier molecular flexibility index (Phi) is 7.68. The van der Waals surface area contributed by atoms with Crippen molar-refractivity contribution in [2.75, 3.05) is 13.2 Å². The Morgan fingerprint density at radius 1 is 0.891 bits per heavy atom. The lowest BCUT2D eigenvalue weighted by Gasteiger charge is -2.81. The quantitative estimate of drug-likeness (QED) is 0.150. The van der Waals surface area contributed by atoms with Crippen molar-refractivity contribution in [1.82, 2.24) is 0 Å². The van der Waals surface area contributed by atoms with E-state index >= 15 is 0 Å². The van der Waals surface area contributed by atoms with Crippen LogP contribution in [0.2, 0.25) is 0 Å². The Bertz CT molecular complexity index is 1270. The number of unbranched alkanes of at least 4 members (excludes halogenated alkanes) is 3. The normalized spacial score (nSPS) is 55.2. The Morgan fingerprint density at radius 2 is 1.65 bits per heavy atom. The van der Waals surface area contributed by atoms with Crippen LogP contribution < -0.4 is 0 Å². The van der Waals surface area contributed by atoms with Gasteiger partial charge in [-0.2, -0.15) is 0 Å². The molecular weight excluding hydrogens is 576 g/mol. The largest absolute Gasteiger partial charge is 0.481 e. The standard InChI is InChI=1S/C40H64O6/c1-6-8-9-10-14-35-22-23-36-15-11-16-38(44)25-39(45)29(12-7-2)37(27-46-39,40(36,38)26-41)17-13-28(36)34(35,5)21-20-32(3)18-19-33(4,31(42)43)24-30(32)35/h11,16,28-30,41,44-45H,6-10,12-15,17-27H2,1-5H3,(H,42,43). The van der Waals surface area contributed by atoms with Crippen LogP contribution in [0.5, 0.6) is 0 Å². The molecule has 6 heteroatoms. The van der Waals surface area contributed by atoms with E-state index in [2.05, 4.69) is 33.8 Å². The van der Waals surface area contributed by atoms with Crippen LogP contribution in [0.3, 0.4) is 0 Å². The first-order valence-electron chi connectivity index (χ1n) is 19.3. The number of aliphatic carboxylic acids is 1. The molecule has 1 heterocycles. The monoisotopic (exact) mass is 640 g/mol. The average molecular weight is 641 g/mol. The molecule has 0 aromatic rings. The fourth-order valence-corrected chi connectivity index (χ4v) is 15.4. The van der Waals surface area contributed by atoms with E-state index in [9.17, 15) is 25.2 Å². The van der Waals surface area contributed by atoms with E-state index < -0.39 is 33.6 Å². The van der Waals surface area contributed by atoms with Gasteiger partial charge in [0.15, 0.2) is 5.79 Å². The first-order chi connectivity index (χ1) is 21.7. The van der Waals surface area contributed by atoms with E-state index in [1.165, 1.54) is 25.7 Å². The zero-order valence-electron chi connectivity index (χ0n) is 29.6. The Morgan fingerprint density at radius 3 is 2.35 bits per heavy atom. The SMILES string of the molecule is CCCCCCC12CCC34CC=CC5(O)CC6(O)OCC(CCC3C1(C)CCC1(C)CCC(C)(C(=O)O)CC12)(C6CCC)C54CO. The van der Waals surface area contributed by atoms with Crippen LogP contribution >= 0.6 is 0 Å². The highest BCUT2D eigenvalue weighted by Gasteiger charge is 2.86. The van der Waals surface area contributed by atoms with Gasteiger partial charge in [-0.05, 0) is 117 Å². The summed E-state index contributed by atoms with van der Waals surface area (Å²) in [5.41, 5.74) is -3.43. The van der Waals surface area contributed by atoms with Crippen LogP contribution in [-0.2, 0) is 9.53 Å². The molecule has 0 radical (unpaired) electrons. The van der Waals surface area contributed by atoms with E-state index in [1.807, 2.05) is 13.0 Å². The van der Waals surface area contributed by atoms with Gasteiger partial charge < -0.3 is 25.2 Å². The number of carboxylic acid groups (broad SMARTS) is 1. The predicted octanol–water partition coefficient (Wildman–Crippen LogP) is 8.03. The lowest BCUT2D eigenvalue weighted by molar-refractivity contribution is -0.362. The number of aliphatic hydroxyl groups is 3. The number of rotatable bonds is 9. The number of aliphatic hydroxyl groups excluding tert-OH is 1. The molecule has 6 nitrogen and oxygen atoms in total. The van der Waals surface area contributed by atoms with Crippen molar-refractivity contribution in [2.45, 2.75) is 162 Å². The lowest BCUT2D eigenvalue weighted by atomic mass is 9.23. The molecule has 0 aromatic heterocycles. The molecule has 0 aromatic carbocycles. The molecule has 4 N–H and O–H groups in total.